The van der Waals surface area contributed by atoms with Gasteiger partial charge in [0.05, 0.1) is 5.02 Å². The maximum absolute atomic E-state index is 11.0. The van der Waals surface area contributed by atoms with Gasteiger partial charge < -0.3 is 4.55 Å². The van der Waals surface area contributed by atoms with Crippen LogP contribution >= 0.6 is 27.5 Å². The Balaban J connectivity index is 3.13. The van der Waals surface area contributed by atoms with E-state index >= 15 is 0 Å². The molecule has 0 aliphatic carbocycles. The van der Waals surface area contributed by atoms with E-state index in [1.165, 1.54) is 6.20 Å². The largest absolute Gasteiger partial charge is 0.612 e. The Bertz CT molecular complexity index is 269. The predicted molar refractivity (Wildman–Crippen MR) is 49.3 cm³/mol. The van der Waals surface area contributed by atoms with Gasteiger partial charge in [-0.05, 0) is 27.1 Å². The molecule has 5 heteroatoms. The van der Waals surface area contributed by atoms with E-state index < -0.39 is 11.2 Å². The summed E-state index contributed by atoms with van der Waals surface area (Å²) in [5.74, 6) is 0. The molecule has 0 radical (unpaired) electrons. The molecule has 11 heavy (non-hydrogen) atoms. The van der Waals surface area contributed by atoms with Crippen LogP contribution < -0.4 is 0 Å². The summed E-state index contributed by atoms with van der Waals surface area (Å²) < 4.78 is 11.6. The Morgan fingerprint density at radius 1 is 1.73 bits per heavy atom. The molecule has 1 aromatic heterocycles. The second kappa shape index (κ2) is 3.76. The van der Waals surface area contributed by atoms with Crippen molar-refractivity contribution in [2.75, 3.05) is 6.26 Å². The molecule has 0 aromatic carbocycles. The Labute approximate surface area is 81.3 Å². The summed E-state index contributed by atoms with van der Waals surface area (Å²) in [5, 5.41) is 0.499. The van der Waals surface area contributed by atoms with Crippen molar-refractivity contribution in [3.05, 3.63) is 21.9 Å². The molecule has 1 heterocycles. The molecule has 1 unspecified atom stereocenters. The van der Waals surface area contributed by atoms with E-state index in [1.807, 2.05) is 0 Å². The quantitative estimate of drug-likeness (QED) is 0.569. The van der Waals surface area contributed by atoms with Crippen molar-refractivity contribution in [2.24, 2.45) is 0 Å². The second-order valence-corrected chi connectivity index (χ2v) is 4.43. The van der Waals surface area contributed by atoms with Crippen LogP contribution in [0.25, 0.3) is 0 Å². The Morgan fingerprint density at radius 2 is 2.36 bits per heavy atom. The number of halogens is 2. The van der Waals surface area contributed by atoms with Gasteiger partial charge in [0.2, 0.25) is 0 Å². The second-order valence-electron chi connectivity index (χ2n) is 1.90. The molecule has 1 atom stereocenters. The fraction of sp³-hybridized carbons (Fsp3) is 0.167. The van der Waals surface area contributed by atoms with Crippen molar-refractivity contribution in [3.8, 4) is 0 Å². The van der Waals surface area contributed by atoms with Gasteiger partial charge >= 0.3 is 0 Å². The summed E-state index contributed by atoms with van der Waals surface area (Å²) in [4.78, 5) is 4.51. The van der Waals surface area contributed by atoms with Gasteiger partial charge in [-0.2, -0.15) is 0 Å². The monoisotopic (exact) mass is 253 g/mol. The molecule has 0 bridgehead atoms. The maximum atomic E-state index is 11.0. The summed E-state index contributed by atoms with van der Waals surface area (Å²) in [7, 11) is 0. The third-order valence-corrected chi connectivity index (χ3v) is 3.11. The first-order valence-electron chi connectivity index (χ1n) is 2.75. The normalized spacial score (nSPS) is 13.1. The first-order chi connectivity index (χ1) is 5.11. The highest BCUT2D eigenvalue weighted by molar-refractivity contribution is 9.10. The van der Waals surface area contributed by atoms with Crippen LogP contribution in [0.4, 0.5) is 0 Å². The molecule has 0 aliphatic rings. The topological polar surface area (TPSA) is 36.0 Å². The van der Waals surface area contributed by atoms with E-state index in [2.05, 4.69) is 20.9 Å². The van der Waals surface area contributed by atoms with Gasteiger partial charge in [0.1, 0.15) is 6.26 Å². The molecular weight excluding hydrogens is 249 g/mol. The van der Waals surface area contributed by atoms with Gasteiger partial charge in [-0.15, -0.1) is 0 Å². The van der Waals surface area contributed by atoms with E-state index in [0.29, 0.717) is 14.5 Å². The zero-order valence-electron chi connectivity index (χ0n) is 5.67. The zero-order valence-corrected chi connectivity index (χ0v) is 8.83. The van der Waals surface area contributed by atoms with Gasteiger partial charge in [0.15, 0.2) is 9.50 Å². The molecule has 0 saturated carbocycles. The van der Waals surface area contributed by atoms with E-state index in [4.69, 9.17) is 11.6 Å². The van der Waals surface area contributed by atoms with Crippen LogP contribution in [0.5, 0.6) is 0 Å². The standard InChI is InChI=1S/C6H5BrClNOS/c1-11(10)5-2-4(8)3-9-6(5)7/h2-3H,1H3. The minimum absolute atomic E-state index is 0.499. The lowest BCUT2D eigenvalue weighted by Crippen LogP contribution is -1.99. The Morgan fingerprint density at radius 3 is 2.82 bits per heavy atom. The highest BCUT2D eigenvalue weighted by atomic mass is 79.9. The molecular formula is C6H5BrClNOS. The molecule has 0 spiro atoms. The van der Waals surface area contributed by atoms with Gasteiger partial charge in [0, 0.05) is 12.3 Å². The molecule has 0 fully saturated rings. The van der Waals surface area contributed by atoms with Crippen LogP contribution in [-0.4, -0.2) is 15.8 Å². The maximum Gasteiger partial charge on any atom is 0.186 e. The lowest BCUT2D eigenvalue weighted by molar-refractivity contribution is 0.600. The molecule has 0 saturated heterocycles. The van der Waals surface area contributed by atoms with Crippen molar-refractivity contribution in [1.29, 1.82) is 0 Å². The molecule has 1 aromatic rings. The van der Waals surface area contributed by atoms with Crippen molar-refractivity contribution in [3.63, 3.8) is 0 Å². The average Bonchev–Trinajstić information content (AvgIpc) is 1.94. The van der Waals surface area contributed by atoms with Crippen molar-refractivity contribution < 1.29 is 4.55 Å². The van der Waals surface area contributed by atoms with Gasteiger partial charge in [-0.3, -0.25) is 0 Å². The van der Waals surface area contributed by atoms with Crippen LogP contribution in [0.15, 0.2) is 21.8 Å². The zero-order chi connectivity index (χ0) is 8.43. The summed E-state index contributed by atoms with van der Waals surface area (Å²) in [6, 6.07) is 1.63. The van der Waals surface area contributed by atoms with Gasteiger partial charge in [-0.1, -0.05) is 11.6 Å². The summed E-state index contributed by atoms with van der Waals surface area (Å²) >= 11 is 7.77. The van der Waals surface area contributed by atoms with Gasteiger partial charge in [0.25, 0.3) is 0 Å². The van der Waals surface area contributed by atoms with Crippen molar-refractivity contribution in [2.45, 2.75) is 4.90 Å². The van der Waals surface area contributed by atoms with Crippen LogP contribution in [0, 0.1) is 0 Å². The number of nitrogens with zero attached hydrogens (tertiary/aromatic N) is 1. The number of rotatable bonds is 1. The minimum atomic E-state index is -1.04. The number of hydrogen-bond donors (Lipinski definition) is 0. The average molecular weight is 255 g/mol. The van der Waals surface area contributed by atoms with E-state index in [1.54, 1.807) is 12.3 Å². The number of pyridine rings is 1. The smallest absolute Gasteiger partial charge is 0.186 e. The highest BCUT2D eigenvalue weighted by Gasteiger charge is 2.10. The predicted octanol–water partition coefficient (Wildman–Crippen LogP) is 2.23. The van der Waals surface area contributed by atoms with E-state index in [0.717, 1.165) is 0 Å². The molecule has 2 nitrogen and oxygen atoms in total. The molecule has 0 aliphatic heterocycles. The van der Waals surface area contributed by atoms with Crippen molar-refractivity contribution >= 4 is 38.7 Å². The third-order valence-electron chi connectivity index (χ3n) is 1.08. The lowest BCUT2D eigenvalue weighted by Gasteiger charge is -2.04. The summed E-state index contributed by atoms with van der Waals surface area (Å²) in [6.45, 7) is 0. The van der Waals surface area contributed by atoms with Gasteiger partial charge in [-0.25, -0.2) is 4.98 Å². The highest BCUT2D eigenvalue weighted by Crippen LogP contribution is 2.22. The first-order valence-corrected chi connectivity index (χ1v) is 5.48. The molecule has 60 valence electrons. The van der Waals surface area contributed by atoms with Crippen LogP contribution in [0.3, 0.4) is 0 Å². The summed E-state index contributed by atoms with van der Waals surface area (Å²) in [6.07, 6.45) is 3.08. The van der Waals surface area contributed by atoms with E-state index in [9.17, 15) is 4.55 Å². The summed E-state index contributed by atoms with van der Waals surface area (Å²) in [5.41, 5.74) is 0. The SMILES string of the molecule is C[S+]([O-])c1cc(Cl)cnc1Br. The van der Waals surface area contributed by atoms with Crippen LogP contribution in [-0.2, 0) is 11.2 Å². The first kappa shape index (κ1) is 9.32. The van der Waals surface area contributed by atoms with E-state index in [-0.39, 0.29) is 0 Å². The third kappa shape index (κ3) is 2.33. The minimum Gasteiger partial charge on any atom is -0.612 e. The fourth-order valence-corrected chi connectivity index (χ4v) is 2.31. The Hall–Kier alpha value is 0.230. The van der Waals surface area contributed by atoms with Crippen molar-refractivity contribution in [1.82, 2.24) is 4.98 Å². The fourth-order valence-electron chi connectivity index (χ4n) is 0.606. The van der Waals surface area contributed by atoms with Crippen LogP contribution in [0.2, 0.25) is 5.02 Å². The number of aromatic nitrogens is 1. The molecule has 0 amide bonds. The molecule has 1 rings (SSSR count). The molecule has 0 N–H and O–H groups in total. The lowest BCUT2D eigenvalue weighted by atomic mass is 10.5. The van der Waals surface area contributed by atoms with Crippen LogP contribution in [0.1, 0.15) is 0 Å². The Kier molecular flexibility index (Phi) is 3.18. The number of hydrogen-bond acceptors (Lipinski definition) is 2.